The summed E-state index contributed by atoms with van der Waals surface area (Å²) in [7, 11) is 1.56. The molecule has 5 nitrogen and oxygen atoms in total. The fourth-order valence-corrected chi connectivity index (χ4v) is 1.66. The maximum Gasteiger partial charge on any atom is 0.297 e. The van der Waals surface area contributed by atoms with Crippen LogP contribution < -0.4 is 4.74 Å². The van der Waals surface area contributed by atoms with Gasteiger partial charge >= 0.3 is 0 Å². The van der Waals surface area contributed by atoms with Crippen LogP contribution in [0.15, 0.2) is 18.2 Å². The molecule has 2 aromatic rings. The van der Waals surface area contributed by atoms with Crippen molar-refractivity contribution in [1.29, 1.82) is 0 Å². The van der Waals surface area contributed by atoms with E-state index in [1.807, 2.05) is 0 Å². The number of hydrogen-bond donors (Lipinski definition) is 1. The van der Waals surface area contributed by atoms with E-state index in [2.05, 4.69) is 4.98 Å². The van der Waals surface area contributed by atoms with Crippen LogP contribution in [0.5, 0.6) is 5.75 Å². The van der Waals surface area contributed by atoms with Gasteiger partial charge in [0.25, 0.3) is 5.69 Å². The molecule has 0 spiro atoms. The van der Waals surface area contributed by atoms with E-state index in [1.165, 1.54) is 0 Å². The first-order valence-corrected chi connectivity index (χ1v) is 4.44. The van der Waals surface area contributed by atoms with Gasteiger partial charge in [0.2, 0.25) is 0 Å². The predicted octanol–water partition coefficient (Wildman–Crippen LogP) is 2.39. The summed E-state index contributed by atoms with van der Waals surface area (Å²) in [5.41, 5.74) is 1.41. The van der Waals surface area contributed by atoms with E-state index in [0.29, 0.717) is 16.8 Å². The summed E-state index contributed by atoms with van der Waals surface area (Å²) in [6, 6.07) is 5.15. The molecule has 1 heterocycles. The summed E-state index contributed by atoms with van der Waals surface area (Å²) in [6.45, 7) is 1.69. The molecule has 0 aliphatic heterocycles. The standard InChI is InChI=1S/C10H10N2O3/c1-6-10(12(13)14)8-4-3-7(15-2)5-9(8)11-6/h3-5,11H,1-2H3. The lowest BCUT2D eigenvalue weighted by Crippen LogP contribution is -1.88. The fraction of sp³-hybridized carbons (Fsp3) is 0.200. The summed E-state index contributed by atoms with van der Waals surface area (Å²) in [5, 5.41) is 11.4. The number of nitrogens with zero attached hydrogens (tertiary/aromatic N) is 1. The Hall–Kier alpha value is -2.04. The first kappa shape index (κ1) is 9.51. The van der Waals surface area contributed by atoms with Gasteiger partial charge in [-0.05, 0) is 19.1 Å². The highest BCUT2D eigenvalue weighted by Gasteiger charge is 2.18. The second-order valence-electron chi connectivity index (χ2n) is 3.27. The van der Waals surface area contributed by atoms with Gasteiger partial charge in [-0.2, -0.15) is 0 Å². The Morgan fingerprint density at radius 1 is 1.47 bits per heavy atom. The van der Waals surface area contributed by atoms with Gasteiger partial charge in [-0.15, -0.1) is 0 Å². The molecule has 1 N–H and O–H groups in total. The Kier molecular flexibility index (Phi) is 2.07. The van der Waals surface area contributed by atoms with Gasteiger partial charge in [-0.3, -0.25) is 10.1 Å². The number of benzene rings is 1. The summed E-state index contributed by atoms with van der Waals surface area (Å²) in [5.74, 6) is 0.679. The summed E-state index contributed by atoms with van der Waals surface area (Å²) >= 11 is 0. The van der Waals surface area contributed by atoms with Crippen LogP contribution >= 0.6 is 0 Å². The molecule has 78 valence electrons. The summed E-state index contributed by atoms with van der Waals surface area (Å²) in [4.78, 5) is 13.4. The lowest BCUT2D eigenvalue weighted by Gasteiger charge is -1.97. The maximum atomic E-state index is 10.8. The number of methoxy groups -OCH3 is 1. The zero-order valence-electron chi connectivity index (χ0n) is 8.40. The highest BCUT2D eigenvalue weighted by atomic mass is 16.6. The average Bonchev–Trinajstić information content (AvgIpc) is 2.52. The van der Waals surface area contributed by atoms with Gasteiger partial charge in [0.15, 0.2) is 0 Å². The number of nitro groups is 1. The minimum atomic E-state index is -0.374. The van der Waals surface area contributed by atoms with Crippen LogP contribution in [0.25, 0.3) is 10.9 Å². The Balaban J connectivity index is 2.74. The van der Waals surface area contributed by atoms with Crippen LogP contribution in [-0.4, -0.2) is 17.0 Å². The zero-order chi connectivity index (χ0) is 11.0. The molecule has 1 aromatic heterocycles. The first-order valence-electron chi connectivity index (χ1n) is 4.44. The van der Waals surface area contributed by atoms with Gasteiger partial charge in [0, 0.05) is 6.07 Å². The van der Waals surface area contributed by atoms with Gasteiger partial charge in [0.1, 0.15) is 5.75 Å². The topological polar surface area (TPSA) is 68.2 Å². The van der Waals surface area contributed by atoms with E-state index in [-0.39, 0.29) is 10.6 Å². The Bertz CT molecular complexity index is 531. The largest absolute Gasteiger partial charge is 0.497 e. The van der Waals surface area contributed by atoms with Gasteiger partial charge in [-0.25, -0.2) is 0 Å². The van der Waals surface area contributed by atoms with Gasteiger partial charge in [-0.1, -0.05) is 0 Å². The third-order valence-electron chi connectivity index (χ3n) is 2.34. The van der Waals surface area contributed by atoms with Crippen molar-refractivity contribution < 1.29 is 9.66 Å². The van der Waals surface area contributed by atoms with E-state index in [4.69, 9.17) is 4.74 Å². The van der Waals surface area contributed by atoms with Crippen LogP contribution in [0, 0.1) is 17.0 Å². The van der Waals surface area contributed by atoms with Gasteiger partial charge < -0.3 is 9.72 Å². The number of fused-ring (bicyclic) bond motifs is 1. The average molecular weight is 206 g/mol. The van der Waals surface area contributed by atoms with E-state index in [9.17, 15) is 10.1 Å². The third-order valence-corrected chi connectivity index (χ3v) is 2.34. The Morgan fingerprint density at radius 3 is 2.80 bits per heavy atom. The molecule has 2 rings (SSSR count). The smallest absolute Gasteiger partial charge is 0.297 e. The summed E-state index contributed by atoms with van der Waals surface area (Å²) < 4.78 is 5.04. The Labute approximate surface area is 85.8 Å². The molecule has 0 fully saturated rings. The van der Waals surface area contributed by atoms with Crippen LogP contribution in [0.4, 0.5) is 5.69 Å². The van der Waals surface area contributed by atoms with Crippen molar-refractivity contribution in [3.8, 4) is 5.75 Å². The maximum absolute atomic E-state index is 10.8. The third kappa shape index (κ3) is 1.41. The highest BCUT2D eigenvalue weighted by Crippen LogP contribution is 2.31. The van der Waals surface area contributed by atoms with Crippen molar-refractivity contribution in [3.63, 3.8) is 0 Å². The van der Waals surface area contributed by atoms with Crippen LogP contribution in [0.3, 0.4) is 0 Å². The molecule has 0 aliphatic carbocycles. The molecule has 0 amide bonds. The van der Waals surface area contributed by atoms with E-state index in [0.717, 1.165) is 5.52 Å². The normalized spacial score (nSPS) is 10.5. The molecule has 0 saturated carbocycles. The van der Waals surface area contributed by atoms with Crippen molar-refractivity contribution >= 4 is 16.6 Å². The van der Waals surface area contributed by atoms with E-state index < -0.39 is 0 Å². The SMILES string of the molecule is COc1ccc2c([N+](=O)[O-])c(C)[nH]c2c1. The fourth-order valence-electron chi connectivity index (χ4n) is 1.66. The number of aryl methyl sites for hydroxylation is 1. The molecule has 0 unspecified atom stereocenters. The minimum Gasteiger partial charge on any atom is -0.497 e. The van der Waals surface area contributed by atoms with Crippen LogP contribution in [0.1, 0.15) is 5.69 Å². The molecule has 5 heteroatoms. The van der Waals surface area contributed by atoms with Crippen LogP contribution in [-0.2, 0) is 0 Å². The van der Waals surface area contributed by atoms with Crippen molar-refractivity contribution in [2.45, 2.75) is 6.92 Å². The molecule has 15 heavy (non-hydrogen) atoms. The number of rotatable bonds is 2. The predicted molar refractivity (Wildman–Crippen MR) is 56.2 cm³/mol. The number of aromatic amines is 1. The lowest BCUT2D eigenvalue weighted by atomic mass is 10.2. The second kappa shape index (κ2) is 3.27. The molecule has 0 aliphatic rings. The van der Waals surface area contributed by atoms with Crippen molar-refractivity contribution in [1.82, 2.24) is 4.98 Å². The zero-order valence-corrected chi connectivity index (χ0v) is 8.40. The highest BCUT2D eigenvalue weighted by molar-refractivity contribution is 5.91. The number of nitrogens with one attached hydrogen (secondary N) is 1. The number of hydrogen-bond acceptors (Lipinski definition) is 3. The van der Waals surface area contributed by atoms with Crippen molar-refractivity contribution in [3.05, 3.63) is 34.0 Å². The molecule has 0 bridgehead atoms. The van der Waals surface area contributed by atoms with Crippen LogP contribution in [0.2, 0.25) is 0 Å². The Morgan fingerprint density at radius 2 is 2.20 bits per heavy atom. The van der Waals surface area contributed by atoms with Crippen molar-refractivity contribution in [2.75, 3.05) is 7.11 Å². The van der Waals surface area contributed by atoms with E-state index >= 15 is 0 Å². The van der Waals surface area contributed by atoms with Crippen molar-refractivity contribution in [2.24, 2.45) is 0 Å². The number of aromatic nitrogens is 1. The van der Waals surface area contributed by atoms with E-state index in [1.54, 1.807) is 32.2 Å². The number of ether oxygens (including phenoxy) is 1. The minimum absolute atomic E-state index is 0.132. The number of H-pyrrole nitrogens is 1. The quantitative estimate of drug-likeness (QED) is 0.605. The molecular formula is C10H10N2O3. The molecule has 0 atom stereocenters. The molecule has 1 aromatic carbocycles. The van der Waals surface area contributed by atoms with Gasteiger partial charge in [0.05, 0.1) is 28.6 Å². The molecule has 0 saturated heterocycles. The second-order valence-corrected chi connectivity index (χ2v) is 3.27. The first-order chi connectivity index (χ1) is 7.13. The summed E-state index contributed by atoms with van der Waals surface area (Å²) in [6.07, 6.45) is 0. The monoisotopic (exact) mass is 206 g/mol. The molecule has 0 radical (unpaired) electrons. The lowest BCUT2D eigenvalue weighted by molar-refractivity contribution is -0.383. The molecular weight excluding hydrogens is 196 g/mol.